The van der Waals surface area contributed by atoms with Gasteiger partial charge in [0.15, 0.2) is 11.5 Å². The molecule has 7 heteroatoms. The molecule has 2 aliphatic rings. The lowest BCUT2D eigenvalue weighted by molar-refractivity contribution is -0.163. The number of nitrogens with one attached hydrogen (secondary N) is 1. The SMILES string of the molecule is CCOC(=O)C1(COc2c(-c3ccc4c(c3)CNC4=O)ccc(OC)c2OC)CCC1. The Morgan fingerprint density at radius 1 is 1.06 bits per heavy atom. The Labute approximate surface area is 181 Å². The van der Waals surface area contributed by atoms with Gasteiger partial charge in [0.05, 0.1) is 20.8 Å². The van der Waals surface area contributed by atoms with Gasteiger partial charge in [0.25, 0.3) is 5.91 Å². The van der Waals surface area contributed by atoms with Crippen LogP contribution in [0.5, 0.6) is 17.2 Å². The fourth-order valence-electron chi connectivity index (χ4n) is 4.17. The second kappa shape index (κ2) is 8.49. The Morgan fingerprint density at radius 3 is 2.48 bits per heavy atom. The molecule has 0 bridgehead atoms. The summed E-state index contributed by atoms with van der Waals surface area (Å²) in [5, 5.41) is 2.84. The number of rotatable bonds is 8. The first-order valence-corrected chi connectivity index (χ1v) is 10.5. The molecule has 0 spiro atoms. The Balaban J connectivity index is 1.72. The van der Waals surface area contributed by atoms with Crippen LogP contribution in [0.15, 0.2) is 30.3 Å². The van der Waals surface area contributed by atoms with E-state index in [9.17, 15) is 9.59 Å². The zero-order chi connectivity index (χ0) is 22.0. The molecular formula is C24H27NO6. The first kappa shape index (κ1) is 21.0. The molecule has 1 saturated carbocycles. The molecule has 0 unspecified atom stereocenters. The van der Waals surface area contributed by atoms with Crippen molar-refractivity contribution < 1.29 is 28.5 Å². The van der Waals surface area contributed by atoms with Gasteiger partial charge in [0, 0.05) is 17.7 Å². The molecule has 1 aliphatic heterocycles. The smallest absolute Gasteiger partial charge is 0.315 e. The van der Waals surface area contributed by atoms with Crippen LogP contribution >= 0.6 is 0 Å². The predicted molar refractivity (Wildman–Crippen MR) is 115 cm³/mol. The largest absolute Gasteiger partial charge is 0.493 e. The standard InChI is InChI=1S/C24H27NO6/c1-4-30-23(27)24(10-5-11-24)14-31-20-17(8-9-19(28-2)21(20)29-3)15-6-7-18-16(12-15)13-25-22(18)26/h6-9,12H,4-5,10-11,13-14H2,1-3H3,(H,25,26). The van der Waals surface area contributed by atoms with Crippen molar-refractivity contribution in [1.82, 2.24) is 5.32 Å². The van der Waals surface area contributed by atoms with E-state index in [1.165, 1.54) is 0 Å². The van der Waals surface area contributed by atoms with E-state index < -0.39 is 5.41 Å². The highest BCUT2D eigenvalue weighted by Gasteiger charge is 2.46. The molecule has 0 atom stereocenters. The van der Waals surface area contributed by atoms with E-state index in [-0.39, 0.29) is 18.5 Å². The third-order valence-corrected chi connectivity index (χ3v) is 6.11. The Hall–Kier alpha value is -3.22. The summed E-state index contributed by atoms with van der Waals surface area (Å²) in [5.41, 5.74) is 2.69. The van der Waals surface area contributed by atoms with Crippen molar-refractivity contribution in [1.29, 1.82) is 0 Å². The quantitative estimate of drug-likeness (QED) is 0.649. The highest BCUT2D eigenvalue weighted by atomic mass is 16.5. The van der Waals surface area contributed by atoms with E-state index in [1.54, 1.807) is 14.2 Å². The van der Waals surface area contributed by atoms with Crippen molar-refractivity contribution in [2.75, 3.05) is 27.4 Å². The minimum Gasteiger partial charge on any atom is -0.493 e. The minimum atomic E-state index is -0.629. The Kier molecular flexibility index (Phi) is 5.76. The van der Waals surface area contributed by atoms with Gasteiger partial charge >= 0.3 is 5.97 Å². The van der Waals surface area contributed by atoms with Gasteiger partial charge in [-0.3, -0.25) is 9.59 Å². The highest BCUT2D eigenvalue weighted by molar-refractivity contribution is 5.99. The van der Waals surface area contributed by atoms with Crippen LogP contribution in [0.4, 0.5) is 0 Å². The molecule has 1 heterocycles. The molecule has 1 aliphatic carbocycles. The van der Waals surface area contributed by atoms with E-state index in [0.717, 1.165) is 36.0 Å². The monoisotopic (exact) mass is 425 g/mol. The van der Waals surface area contributed by atoms with Crippen molar-refractivity contribution in [2.24, 2.45) is 5.41 Å². The molecule has 7 nitrogen and oxygen atoms in total. The molecule has 2 aromatic carbocycles. The van der Waals surface area contributed by atoms with Crippen LogP contribution in [-0.2, 0) is 16.1 Å². The van der Waals surface area contributed by atoms with Crippen LogP contribution in [0.1, 0.15) is 42.1 Å². The number of ether oxygens (including phenoxy) is 4. The third-order valence-electron chi connectivity index (χ3n) is 6.11. The van der Waals surface area contributed by atoms with Crippen molar-refractivity contribution in [3.63, 3.8) is 0 Å². The number of benzene rings is 2. The van der Waals surface area contributed by atoms with Crippen LogP contribution in [-0.4, -0.2) is 39.3 Å². The van der Waals surface area contributed by atoms with Gasteiger partial charge in [0.2, 0.25) is 5.75 Å². The summed E-state index contributed by atoms with van der Waals surface area (Å²) >= 11 is 0. The molecule has 1 N–H and O–H groups in total. The van der Waals surface area contributed by atoms with Gasteiger partial charge in [-0.25, -0.2) is 0 Å². The minimum absolute atomic E-state index is 0.0632. The maximum Gasteiger partial charge on any atom is 0.315 e. The number of hydrogen-bond donors (Lipinski definition) is 1. The number of amides is 1. The predicted octanol–water partition coefficient (Wildman–Crippen LogP) is 3.73. The number of fused-ring (bicyclic) bond motifs is 1. The normalized spacial score (nSPS) is 16.0. The highest BCUT2D eigenvalue weighted by Crippen LogP contribution is 2.48. The summed E-state index contributed by atoms with van der Waals surface area (Å²) in [6.07, 6.45) is 2.44. The summed E-state index contributed by atoms with van der Waals surface area (Å²) in [6.45, 7) is 2.85. The van der Waals surface area contributed by atoms with Crippen LogP contribution in [0.2, 0.25) is 0 Å². The fourth-order valence-corrected chi connectivity index (χ4v) is 4.17. The molecular weight excluding hydrogens is 398 g/mol. The topological polar surface area (TPSA) is 83.1 Å². The first-order chi connectivity index (χ1) is 15.0. The molecule has 0 aromatic heterocycles. The molecule has 0 saturated heterocycles. The van der Waals surface area contributed by atoms with Gasteiger partial charge < -0.3 is 24.3 Å². The first-order valence-electron chi connectivity index (χ1n) is 10.5. The van der Waals surface area contributed by atoms with Gasteiger partial charge in [0.1, 0.15) is 12.0 Å². The summed E-state index contributed by atoms with van der Waals surface area (Å²) in [4.78, 5) is 24.5. The van der Waals surface area contributed by atoms with Crippen LogP contribution in [0, 0.1) is 5.41 Å². The molecule has 4 rings (SSSR count). The van der Waals surface area contributed by atoms with Gasteiger partial charge in [-0.05, 0) is 55.2 Å². The van der Waals surface area contributed by atoms with Crippen molar-refractivity contribution in [2.45, 2.75) is 32.7 Å². The molecule has 164 valence electrons. The zero-order valence-corrected chi connectivity index (χ0v) is 18.1. The van der Waals surface area contributed by atoms with Crippen molar-refractivity contribution in [3.05, 3.63) is 41.5 Å². The summed E-state index contributed by atoms with van der Waals surface area (Å²) in [6, 6.07) is 9.41. The molecule has 31 heavy (non-hydrogen) atoms. The summed E-state index contributed by atoms with van der Waals surface area (Å²) in [5.74, 6) is 1.24. The van der Waals surface area contributed by atoms with E-state index in [0.29, 0.717) is 36.0 Å². The molecule has 2 aromatic rings. The van der Waals surface area contributed by atoms with E-state index in [2.05, 4.69) is 5.32 Å². The van der Waals surface area contributed by atoms with Crippen LogP contribution in [0.25, 0.3) is 11.1 Å². The fraction of sp³-hybridized carbons (Fsp3) is 0.417. The van der Waals surface area contributed by atoms with Gasteiger partial charge in [-0.15, -0.1) is 0 Å². The maximum absolute atomic E-state index is 12.6. The van der Waals surface area contributed by atoms with E-state index in [4.69, 9.17) is 18.9 Å². The second-order valence-corrected chi connectivity index (χ2v) is 7.88. The van der Waals surface area contributed by atoms with Gasteiger partial charge in [-0.1, -0.05) is 12.5 Å². The Bertz CT molecular complexity index is 1010. The number of carbonyl (C=O) groups is 2. The summed E-state index contributed by atoms with van der Waals surface area (Å²) < 4.78 is 22.7. The zero-order valence-electron chi connectivity index (χ0n) is 18.1. The number of hydrogen-bond acceptors (Lipinski definition) is 6. The molecule has 1 amide bonds. The lowest BCUT2D eigenvalue weighted by Gasteiger charge is -2.38. The lowest BCUT2D eigenvalue weighted by atomic mass is 9.69. The number of esters is 1. The van der Waals surface area contributed by atoms with Crippen LogP contribution < -0.4 is 19.5 Å². The molecule has 0 radical (unpaired) electrons. The van der Waals surface area contributed by atoms with E-state index in [1.807, 2.05) is 37.3 Å². The van der Waals surface area contributed by atoms with Crippen LogP contribution in [0.3, 0.4) is 0 Å². The lowest BCUT2D eigenvalue weighted by Crippen LogP contribution is -2.44. The summed E-state index contributed by atoms with van der Waals surface area (Å²) in [7, 11) is 3.13. The number of methoxy groups -OCH3 is 2. The van der Waals surface area contributed by atoms with Crippen molar-refractivity contribution >= 4 is 11.9 Å². The third kappa shape index (κ3) is 3.69. The number of carbonyl (C=O) groups excluding carboxylic acids is 2. The maximum atomic E-state index is 12.6. The van der Waals surface area contributed by atoms with Gasteiger partial charge in [-0.2, -0.15) is 0 Å². The molecule has 1 fully saturated rings. The average molecular weight is 425 g/mol. The Morgan fingerprint density at radius 2 is 1.84 bits per heavy atom. The average Bonchev–Trinajstić information content (AvgIpc) is 3.12. The second-order valence-electron chi connectivity index (χ2n) is 7.88. The van der Waals surface area contributed by atoms with Crippen molar-refractivity contribution in [3.8, 4) is 28.4 Å². The van der Waals surface area contributed by atoms with E-state index >= 15 is 0 Å².